The van der Waals surface area contributed by atoms with Gasteiger partial charge in [0.15, 0.2) is 0 Å². The molecule has 2 atom stereocenters. The number of likely N-dealkylation sites (tertiary alicyclic amines) is 1. The Morgan fingerprint density at radius 3 is 2.88 bits per heavy atom. The minimum Gasteiger partial charge on any atom is -0.294 e. The van der Waals surface area contributed by atoms with Gasteiger partial charge < -0.3 is 0 Å². The van der Waals surface area contributed by atoms with E-state index in [-0.39, 0.29) is 6.04 Å². The molecule has 3 heteroatoms. The summed E-state index contributed by atoms with van der Waals surface area (Å²) in [4.78, 5) is 16.5. The summed E-state index contributed by atoms with van der Waals surface area (Å²) in [5, 5.41) is 0. The summed E-state index contributed by atoms with van der Waals surface area (Å²) in [5.41, 5.74) is 1.31. The van der Waals surface area contributed by atoms with Crippen molar-refractivity contribution in [2.24, 2.45) is 4.99 Å². The SMILES string of the molecule is CC1C(N=C=O)CCN1Cc1ccccc1. The molecule has 2 unspecified atom stereocenters. The number of aliphatic imine (C=N–C) groups is 1. The fourth-order valence-corrected chi connectivity index (χ4v) is 2.27. The molecule has 0 aliphatic carbocycles. The fraction of sp³-hybridized carbons (Fsp3) is 0.462. The molecule has 3 nitrogen and oxygen atoms in total. The maximum absolute atomic E-state index is 10.3. The number of hydrogen-bond donors (Lipinski definition) is 0. The quantitative estimate of drug-likeness (QED) is 0.571. The van der Waals surface area contributed by atoms with Crippen LogP contribution in [0.15, 0.2) is 35.3 Å². The Kier molecular flexibility index (Phi) is 3.50. The highest BCUT2D eigenvalue weighted by molar-refractivity contribution is 5.34. The zero-order valence-corrected chi connectivity index (χ0v) is 9.47. The van der Waals surface area contributed by atoms with Gasteiger partial charge in [-0.05, 0) is 18.9 Å². The van der Waals surface area contributed by atoms with Crippen LogP contribution in [-0.4, -0.2) is 29.6 Å². The lowest BCUT2D eigenvalue weighted by Gasteiger charge is -2.22. The molecule has 0 N–H and O–H groups in total. The van der Waals surface area contributed by atoms with Crippen LogP contribution in [0.2, 0.25) is 0 Å². The first-order valence-corrected chi connectivity index (χ1v) is 5.66. The van der Waals surface area contributed by atoms with Crippen LogP contribution in [0.3, 0.4) is 0 Å². The van der Waals surface area contributed by atoms with Crippen LogP contribution < -0.4 is 0 Å². The third kappa shape index (κ3) is 2.38. The summed E-state index contributed by atoms with van der Waals surface area (Å²) in [7, 11) is 0. The van der Waals surface area contributed by atoms with E-state index in [4.69, 9.17) is 0 Å². The molecule has 1 heterocycles. The summed E-state index contributed by atoms with van der Waals surface area (Å²) >= 11 is 0. The number of nitrogens with zero attached hydrogens (tertiary/aromatic N) is 2. The molecule has 0 amide bonds. The van der Waals surface area contributed by atoms with Gasteiger partial charge in [0.2, 0.25) is 6.08 Å². The first kappa shape index (κ1) is 11.1. The Hall–Kier alpha value is -1.44. The molecule has 16 heavy (non-hydrogen) atoms. The van der Waals surface area contributed by atoms with E-state index in [1.54, 1.807) is 6.08 Å². The number of rotatable bonds is 3. The van der Waals surface area contributed by atoms with Crippen molar-refractivity contribution in [2.75, 3.05) is 6.54 Å². The molecule has 1 aromatic carbocycles. The molecule has 84 valence electrons. The highest BCUT2D eigenvalue weighted by Crippen LogP contribution is 2.22. The zero-order valence-electron chi connectivity index (χ0n) is 9.47. The van der Waals surface area contributed by atoms with E-state index in [2.05, 4.69) is 41.1 Å². The lowest BCUT2D eigenvalue weighted by Crippen LogP contribution is -2.31. The second-order valence-corrected chi connectivity index (χ2v) is 4.27. The number of isocyanates is 1. The minimum absolute atomic E-state index is 0.126. The van der Waals surface area contributed by atoms with Crippen LogP contribution in [0.4, 0.5) is 0 Å². The molecule has 0 spiro atoms. The van der Waals surface area contributed by atoms with Crippen molar-refractivity contribution in [1.29, 1.82) is 0 Å². The summed E-state index contributed by atoms with van der Waals surface area (Å²) in [6.45, 7) is 4.07. The van der Waals surface area contributed by atoms with Crippen LogP contribution >= 0.6 is 0 Å². The van der Waals surface area contributed by atoms with Gasteiger partial charge >= 0.3 is 0 Å². The monoisotopic (exact) mass is 216 g/mol. The maximum Gasteiger partial charge on any atom is 0.235 e. The van der Waals surface area contributed by atoms with Crippen molar-refractivity contribution in [3.8, 4) is 0 Å². The largest absolute Gasteiger partial charge is 0.294 e. The predicted molar refractivity (Wildman–Crippen MR) is 62.8 cm³/mol. The molecule has 1 fully saturated rings. The first-order valence-electron chi connectivity index (χ1n) is 5.66. The summed E-state index contributed by atoms with van der Waals surface area (Å²) in [6.07, 6.45) is 2.63. The molecule has 0 bridgehead atoms. The smallest absolute Gasteiger partial charge is 0.235 e. The van der Waals surface area contributed by atoms with Gasteiger partial charge in [-0.2, -0.15) is 0 Å². The summed E-state index contributed by atoms with van der Waals surface area (Å²) < 4.78 is 0. The van der Waals surface area contributed by atoms with Gasteiger partial charge in [-0.1, -0.05) is 30.3 Å². The highest BCUT2D eigenvalue weighted by Gasteiger charge is 2.30. The van der Waals surface area contributed by atoms with E-state index >= 15 is 0 Å². The van der Waals surface area contributed by atoms with Crippen molar-refractivity contribution in [3.05, 3.63) is 35.9 Å². The van der Waals surface area contributed by atoms with Crippen molar-refractivity contribution < 1.29 is 4.79 Å². The number of benzene rings is 1. The van der Waals surface area contributed by atoms with Gasteiger partial charge in [-0.15, -0.1) is 0 Å². The van der Waals surface area contributed by atoms with Crippen molar-refractivity contribution >= 4 is 6.08 Å². The van der Waals surface area contributed by atoms with Gasteiger partial charge in [-0.3, -0.25) is 4.90 Å². The average Bonchev–Trinajstić information content (AvgIpc) is 2.64. The van der Waals surface area contributed by atoms with E-state index in [0.717, 1.165) is 19.5 Å². The lowest BCUT2D eigenvalue weighted by molar-refractivity contribution is 0.252. The second-order valence-electron chi connectivity index (χ2n) is 4.27. The van der Waals surface area contributed by atoms with Crippen molar-refractivity contribution in [3.63, 3.8) is 0 Å². The molecule has 1 aliphatic heterocycles. The highest BCUT2D eigenvalue weighted by atomic mass is 16.1. The lowest BCUT2D eigenvalue weighted by atomic mass is 10.1. The molecule has 1 aliphatic rings. The van der Waals surface area contributed by atoms with E-state index in [1.165, 1.54) is 5.56 Å². The molecule has 0 aromatic heterocycles. The number of carbonyl (C=O) groups excluding carboxylic acids is 1. The Morgan fingerprint density at radius 2 is 2.19 bits per heavy atom. The molecule has 1 aromatic rings. The maximum atomic E-state index is 10.3. The Bertz CT molecular complexity index is 384. The minimum atomic E-state index is 0.126. The molecule has 1 saturated heterocycles. The number of hydrogen-bond acceptors (Lipinski definition) is 3. The third-order valence-corrected chi connectivity index (χ3v) is 3.29. The first-order chi connectivity index (χ1) is 7.81. The van der Waals surface area contributed by atoms with Crippen LogP contribution in [0.1, 0.15) is 18.9 Å². The van der Waals surface area contributed by atoms with Gasteiger partial charge in [0.05, 0.1) is 6.04 Å². The average molecular weight is 216 g/mol. The Labute approximate surface area is 95.8 Å². The molecule has 0 saturated carbocycles. The normalized spacial score (nSPS) is 25.3. The Morgan fingerprint density at radius 1 is 1.44 bits per heavy atom. The van der Waals surface area contributed by atoms with Gasteiger partial charge in [0.25, 0.3) is 0 Å². The van der Waals surface area contributed by atoms with Crippen LogP contribution in [0.25, 0.3) is 0 Å². The van der Waals surface area contributed by atoms with Crippen LogP contribution in [0, 0.1) is 0 Å². The van der Waals surface area contributed by atoms with Crippen LogP contribution in [-0.2, 0) is 11.3 Å². The molecule has 2 rings (SSSR count). The van der Waals surface area contributed by atoms with Gasteiger partial charge in [0, 0.05) is 19.1 Å². The van der Waals surface area contributed by atoms with E-state index in [1.807, 2.05) is 6.07 Å². The molecule has 0 radical (unpaired) electrons. The Balaban J connectivity index is 2.00. The molecular weight excluding hydrogens is 200 g/mol. The fourth-order valence-electron chi connectivity index (χ4n) is 2.27. The van der Waals surface area contributed by atoms with Gasteiger partial charge in [-0.25, -0.2) is 9.79 Å². The third-order valence-electron chi connectivity index (χ3n) is 3.29. The van der Waals surface area contributed by atoms with E-state index in [0.29, 0.717) is 6.04 Å². The standard InChI is InChI=1S/C13H16N2O/c1-11-13(14-10-16)7-8-15(11)9-12-5-3-2-4-6-12/h2-6,11,13H,7-9H2,1H3. The second kappa shape index (κ2) is 5.06. The van der Waals surface area contributed by atoms with Crippen LogP contribution in [0.5, 0.6) is 0 Å². The zero-order chi connectivity index (χ0) is 11.4. The molecular formula is C13H16N2O. The predicted octanol–water partition coefficient (Wildman–Crippen LogP) is 1.99. The van der Waals surface area contributed by atoms with Crippen molar-refractivity contribution in [1.82, 2.24) is 4.90 Å². The topological polar surface area (TPSA) is 32.7 Å². The van der Waals surface area contributed by atoms with E-state index in [9.17, 15) is 4.79 Å². The summed E-state index contributed by atoms with van der Waals surface area (Å²) in [5.74, 6) is 0. The van der Waals surface area contributed by atoms with Crippen molar-refractivity contribution in [2.45, 2.75) is 32.0 Å². The summed E-state index contributed by atoms with van der Waals surface area (Å²) in [6, 6.07) is 10.8. The van der Waals surface area contributed by atoms with E-state index < -0.39 is 0 Å². The van der Waals surface area contributed by atoms with Gasteiger partial charge in [0.1, 0.15) is 0 Å².